The lowest BCUT2D eigenvalue weighted by atomic mass is 10.1. The van der Waals surface area contributed by atoms with Crippen LogP contribution < -0.4 is 5.32 Å². The van der Waals surface area contributed by atoms with Gasteiger partial charge < -0.3 is 15.0 Å². The molecule has 2 aromatic heterocycles. The molecule has 1 fully saturated rings. The number of aromatic nitrogens is 3. The largest absolute Gasteiger partial charge is 0.450 e. The van der Waals surface area contributed by atoms with Crippen LogP contribution in [0.3, 0.4) is 0 Å². The Kier molecular flexibility index (Phi) is 6.26. The lowest BCUT2D eigenvalue weighted by Crippen LogP contribution is -2.46. The van der Waals surface area contributed by atoms with E-state index in [1.807, 2.05) is 17.5 Å². The van der Waals surface area contributed by atoms with Crippen LogP contribution in [-0.2, 0) is 4.74 Å². The van der Waals surface area contributed by atoms with Gasteiger partial charge in [0.15, 0.2) is 5.82 Å². The number of benzene rings is 1. The van der Waals surface area contributed by atoms with Crippen LogP contribution >= 0.6 is 11.3 Å². The molecule has 1 aromatic carbocycles. The van der Waals surface area contributed by atoms with Gasteiger partial charge in [-0.2, -0.15) is 0 Å². The number of piperidine rings is 1. The molecule has 31 heavy (non-hydrogen) atoms. The molecule has 0 aliphatic carbocycles. The van der Waals surface area contributed by atoms with E-state index in [1.165, 1.54) is 28.2 Å². The number of carbonyl (C=O) groups excluding carboxylic acids is 2. The Balaban J connectivity index is 1.50. The summed E-state index contributed by atoms with van der Waals surface area (Å²) in [5.74, 6) is -0.310. The average molecular weight is 444 g/mol. The monoisotopic (exact) mass is 443 g/mol. The minimum Gasteiger partial charge on any atom is -0.450 e. The van der Waals surface area contributed by atoms with Crippen LogP contribution in [0.2, 0.25) is 0 Å². The summed E-state index contributed by atoms with van der Waals surface area (Å²) in [5, 5.41) is 9.21. The van der Waals surface area contributed by atoms with Crippen molar-refractivity contribution in [3.05, 3.63) is 53.4 Å². The third-order valence-electron chi connectivity index (χ3n) is 4.96. The van der Waals surface area contributed by atoms with Crippen molar-refractivity contribution in [3.8, 4) is 16.4 Å². The maximum absolute atomic E-state index is 13.8. The average Bonchev–Trinajstić information content (AvgIpc) is 3.44. The lowest BCUT2D eigenvalue weighted by Gasteiger charge is -2.31. The van der Waals surface area contributed by atoms with Gasteiger partial charge in [0.2, 0.25) is 5.82 Å². The minimum absolute atomic E-state index is 0.0143. The number of thiophene rings is 1. The third kappa shape index (κ3) is 4.74. The zero-order valence-corrected chi connectivity index (χ0v) is 17.8. The van der Waals surface area contributed by atoms with Gasteiger partial charge >= 0.3 is 6.09 Å². The molecule has 3 heterocycles. The van der Waals surface area contributed by atoms with Crippen molar-refractivity contribution >= 4 is 23.3 Å². The molecule has 8 nitrogen and oxygen atoms in total. The second-order valence-corrected chi connectivity index (χ2v) is 8.01. The van der Waals surface area contributed by atoms with Gasteiger partial charge in [0.1, 0.15) is 5.82 Å². The molecular weight excluding hydrogens is 421 g/mol. The van der Waals surface area contributed by atoms with E-state index in [-0.39, 0.29) is 18.0 Å². The summed E-state index contributed by atoms with van der Waals surface area (Å²) in [5.41, 5.74) is 0.484. The molecule has 4 rings (SSSR count). The molecule has 0 spiro atoms. The number of halogens is 1. The smallest absolute Gasteiger partial charge is 0.409 e. The first-order valence-corrected chi connectivity index (χ1v) is 10.9. The van der Waals surface area contributed by atoms with E-state index < -0.39 is 11.7 Å². The van der Waals surface area contributed by atoms with Crippen LogP contribution in [0.15, 0.2) is 41.8 Å². The Morgan fingerprint density at radius 1 is 1.26 bits per heavy atom. The highest BCUT2D eigenvalue weighted by atomic mass is 32.1. The fourth-order valence-corrected chi connectivity index (χ4v) is 4.13. The molecule has 3 aromatic rings. The highest BCUT2D eigenvalue weighted by molar-refractivity contribution is 7.13. The first-order valence-electron chi connectivity index (χ1n) is 10.0. The topological polar surface area (TPSA) is 89.4 Å². The van der Waals surface area contributed by atoms with Gasteiger partial charge in [0.05, 0.1) is 17.2 Å². The molecule has 0 atom stereocenters. The molecule has 0 bridgehead atoms. The van der Waals surface area contributed by atoms with Crippen molar-refractivity contribution < 1.29 is 18.7 Å². The summed E-state index contributed by atoms with van der Waals surface area (Å²) < 4.78 is 20.3. The molecular formula is C21H22FN5O3S. The Morgan fingerprint density at radius 3 is 2.74 bits per heavy atom. The summed E-state index contributed by atoms with van der Waals surface area (Å²) in [6.07, 6.45) is 0.906. The summed E-state index contributed by atoms with van der Waals surface area (Å²) >= 11 is 1.46. The van der Waals surface area contributed by atoms with E-state index in [0.717, 1.165) is 4.88 Å². The van der Waals surface area contributed by atoms with Crippen molar-refractivity contribution in [1.29, 1.82) is 0 Å². The third-order valence-corrected chi connectivity index (χ3v) is 5.83. The van der Waals surface area contributed by atoms with Crippen LogP contribution in [0.4, 0.5) is 9.18 Å². The highest BCUT2D eigenvalue weighted by Crippen LogP contribution is 2.26. The number of likely N-dealkylation sites (tertiary alicyclic amines) is 1. The molecule has 162 valence electrons. The standard InChI is InChI=1S/C21H22FN5O3S/c1-2-30-21(29)26-10-8-15(9-11-26)23-20(28)18-24-19(17-7-4-12-31-17)27(25-18)16-6-3-5-14(22)13-16/h3-7,12-13,15H,2,8-11H2,1H3,(H,23,28). The maximum Gasteiger partial charge on any atom is 0.409 e. The number of ether oxygens (including phenoxy) is 1. The predicted molar refractivity (Wildman–Crippen MR) is 114 cm³/mol. The molecule has 0 saturated carbocycles. The summed E-state index contributed by atoms with van der Waals surface area (Å²) in [4.78, 5) is 31.6. The quantitative estimate of drug-likeness (QED) is 0.652. The first kappa shape index (κ1) is 21.0. The number of nitrogens with zero attached hydrogens (tertiary/aromatic N) is 4. The molecule has 1 aliphatic rings. The van der Waals surface area contributed by atoms with Gasteiger partial charge in [-0.25, -0.2) is 18.9 Å². The minimum atomic E-state index is -0.400. The van der Waals surface area contributed by atoms with E-state index in [0.29, 0.717) is 44.0 Å². The molecule has 1 saturated heterocycles. The summed E-state index contributed by atoms with van der Waals surface area (Å²) in [7, 11) is 0. The Labute approximate surface area is 182 Å². The second kappa shape index (κ2) is 9.25. The zero-order valence-electron chi connectivity index (χ0n) is 17.0. The van der Waals surface area contributed by atoms with Gasteiger partial charge in [-0.3, -0.25) is 4.79 Å². The lowest BCUT2D eigenvalue weighted by molar-refractivity contribution is 0.0853. The Bertz CT molecular complexity index is 1060. The van der Waals surface area contributed by atoms with E-state index >= 15 is 0 Å². The highest BCUT2D eigenvalue weighted by Gasteiger charge is 2.27. The number of rotatable bonds is 5. The molecule has 1 aliphatic heterocycles. The van der Waals surface area contributed by atoms with Crippen molar-refractivity contribution in [2.24, 2.45) is 0 Å². The zero-order chi connectivity index (χ0) is 21.8. The van der Waals surface area contributed by atoms with E-state index in [9.17, 15) is 14.0 Å². The van der Waals surface area contributed by atoms with Crippen molar-refractivity contribution in [2.45, 2.75) is 25.8 Å². The second-order valence-electron chi connectivity index (χ2n) is 7.06. The van der Waals surface area contributed by atoms with E-state index in [1.54, 1.807) is 24.0 Å². The van der Waals surface area contributed by atoms with Crippen LogP contribution in [0.5, 0.6) is 0 Å². The fourth-order valence-electron chi connectivity index (χ4n) is 3.43. The summed E-state index contributed by atoms with van der Waals surface area (Å²) in [6, 6.07) is 9.65. The predicted octanol–water partition coefficient (Wildman–Crippen LogP) is 3.49. The number of hydrogen-bond acceptors (Lipinski definition) is 6. The number of carbonyl (C=O) groups is 2. The number of hydrogen-bond donors (Lipinski definition) is 1. The van der Waals surface area contributed by atoms with Gasteiger partial charge in [0.25, 0.3) is 5.91 Å². The summed E-state index contributed by atoms with van der Waals surface area (Å²) in [6.45, 7) is 3.12. The Hall–Kier alpha value is -3.27. The van der Waals surface area contributed by atoms with E-state index in [2.05, 4.69) is 15.4 Å². The van der Waals surface area contributed by atoms with Crippen LogP contribution in [0.25, 0.3) is 16.4 Å². The number of amides is 2. The fraction of sp³-hybridized carbons (Fsp3) is 0.333. The van der Waals surface area contributed by atoms with Gasteiger partial charge in [-0.1, -0.05) is 12.1 Å². The molecule has 2 amide bonds. The van der Waals surface area contributed by atoms with E-state index in [4.69, 9.17) is 4.74 Å². The van der Waals surface area contributed by atoms with Gasteiger partial charge in [0, 0.05) is 19.1 Å². The first-order chi connectivity index (χ1) is 15.0. The maximum atomic E-state index is 13.8. The molecule has 10 heteroatoms. The van der Waals surface area contributed by atoms with Gasteiger partial charge in [-0.15, -0.1) is 16.4 Å². The Morgan fingerprint density at radius 2 is 2.06 bits per heavy atom. The van der Waals surface area contributed by atoms with Crippen molar-refractivity contribution in [2.75, 3.05) is 19.7 Å². The van der Waals surface area contributed by atoms with Crippen molar-refractivity contribution in [3.63, 3.8) is 0 Å². The SMILES string of the molecule is CCOC(=O)N1CCC(NC(=O)c2nc(-c3cccs3)n(-c3cccc(F)c3)n2)CC1. The molecule has 1 N–H and O–H groups in total. The molecule has 0 unspecified atom stereocenters. The van der Waals surface area contributed by atoms with Gasteiger partial charge in [-0.05, 0) is 49.4 Å². The van der Waals surface area contributed by atoms with Crippen LogP contribution in [-0.4, -0.2) is 57.4 Å². The normalized spacial score (nSPS) is 14.5. The van der Waals surface area contributed by atoms with Crippen LogP contribution in [0, 0.1) is 5.82 Å². The molecule has 0 radical (unpaired) electrons. The number of nitrogens with one attached hydrogen (secondary N) is 1. The van der Waals surface area contributed by atoms with Crippen LogP contribution in [0.1, 0.15) is 30.4 Å². The van der Waals surface area contributed by atoms with Crippen molar-refractivity contribution in [1.82, 2.24) is 25.0 Å².